The van der Waals surface area contributed by atoms with Crippen molar-refractivity contribution in [3.05, 3.63) is 62.0 Å². The van der Waals surface area contributed by atoms with E-state index in [1.807, 2.05) is 13.0 Å². The van der Waals surface area contributed by atoms with Crippen molar-refractivity contribution >= 4 is 16.6 Å². The lowest BCUT2D eigenvalue weighted by molar-refractivity contribution is -0.384. The molecule has 2 rings (SSSR count). The van der Waals surface area contributed by atoms with Gasteiger partial charge in [0.05, 0.1) is 17.0 Å². The van der Waals surface area contributed by atoms with Crippen molar-refractivity contribution in [2.24, 2.45) is 7.05 Å². The molecule has 0 aliphatic heterocycles. The molecule has 0 saturated heterocycles. The number of aryl methyl sites for hydroxylation is 1. The summed E-state index contributed by atoms with van der Waals surface area (Å²) >= 11 is 0. The Hall–Kier alpha value is -3.09. The molecule has 0 bridgehead atoms. The maximum absolute atomic E-state index is 13.0. The Balaban J connectivity index is 2.39. The highest BCUT2D eigenvalue weighted by molar-refractivity contribution is 5.89. The highest BCUT2D eigenvalue weighted by Gasteiger charge is 2.20. The van der Waals surface area contributed by atoms with Gasteiger partial charge in [0, 0.05) is 24.6 Å². The summed E-state index contributed by atoms with van der Waals surface area (Å²) in [4.78, 5) is 23.7. The van der Waals surface area contributed by atoms with Crippen molar-refractivity contribution < 1.29 is 14.4 Å². The number of pyridine rings is 1. The second-order valence-electron chi connectivity index (χ2n) is 7.86. The van der Waals surface area contributed by atoms with Gasteiger partial charge in [0.15, 0.2) is 5.75 Å². The van der Waals surface area contributed by atoms with Gasteiger partial charge in [0.25, 0.3) is 11.2 Å². The molecule has 0 saturated carbocycles. The van der Waals surface area contributed by atoms with E-state index in [-0.39, 0.29) is 23.6 Å². The molecule has 7 heteroatoms. The van der Waals surface area contributed by atoms with Crippen LogP contribution >= 0.6 is 0 Å². The molecule has 0 radical (unpaired) electrons. The minimum absolute atomic E-state index is 0.0781. The molecule has 0 N–H and O–H groups in total. The number of ether oxygens (including phenoxy) is 2. The van der Waals surface area contributed by atoms with Crippen LogP contribution in [0, 0.1) is 10.1 Å². The Morgan fingerprint density at radius 3 is 2.55 bits per heavy atom. The SMILES string of the molecule is CCCCOc1c(OC/C=C(\C)CCC=C(C)C)c(=O)n(C)c2cc([N+](=O)[O-])ccc12. The van der Waals surface area contributed by atoms with Crippen LogP contribution in [-0.4, -0.2) is 22.7 Å². The molecular formula is C24H32N2O5. The van der Waals surface area contributed by atoms with E-state index < -0.39 is 4.92 Å². The first-order chi connectivity index (χ1) is 14.8. The molecule has 2 aromatic rings. The molecule has 1 aromatic heterocycles. The van der Waals surface area contributed by atoms with Gasteiger partial charge in [-0.25, -0.2) is 0 Å². The number of nitro groups is 1. The van der Waals surface area contributed by atoms with Crippen molar-refractivity contribution in [2.45, 2.75) is 53.4 Å². The fourth-order valence-electron chi connectivity index (χ4n) is 3.13. The van der Waals surface area contributed by atoms with E-state index in [4.69, 9.17) is 9.47 Å². The van der Waals surface area contributed by atoms with Crippen LogP contribution in [0.2, 0.25) is 0 Å². The molecule has 31 heavy (non-hydrogen) atoms. The predicted octanol–water partition coefficient (Wildman–Crippen LogP) is 5.70. The molecule has 0 aliphatic rings. The van der Waals surface area contributed by atoms with Gasteiger partial charge in [-0.15, -0.1) is 0 Å². The monoisotopic (exact) mass is 428 g/mol. The number of rotatable bonds is 11. The zero-order valence-corrected chi connectivity index (χ0v) is 19.1. The van der Waals surface area contributed by atoms with E-state index in [0.717, 1.165) is 25.7 Å². The Morgan fingerprint density at radius 2 is 1.90 bits per heavy atom. The van der Waals surface area contributed by atoms with E-state index in [2.05, 4.69) is 26.8 Å². The van der Waals surface area contributed by atoms with Crippen molar-refractivity contribution in [1.29, 1.82) is 0 Å². The Kier molecular flexibility index (Phi) is 8.85. The summed E-state index contributed by atoms with van der Waals surface area (Å²) in [7, 11) is 1.58. The zero-order chi connectivity index (χ0) is 23.0. The lowest BCUT2D eigenvalue weighted by Crippen LogP contribution is -2.21. The molecule has 1 aromatic carbocycles. The minimum Gasteiger partial charge on any atom is -0.489 e. The quantitative estimate of drug-likeness (QED) is 0.198. The van der Waals surface area contributed by atoms with E-state index in [1.54, 1.807) is 13.1 Å². The third kappa shape index (κ3) is 6.44. The molecule has 0 spiro atoms. The first-order valence-corrected chi connectivity index (χ1v) is 10.6. The van der Waals surface area contributed by atoms with Gasteiger partial charge in [0.2, 0.25) is 5.75 Å². The maximum atomic E-state index is 13.0. The van der Waals surface area contributed by atoms with E-state index in [0.29, 0.717) is 23.3 Å². The molecule has 7 nitrogen and oxygen atoms in total. The highest BCUT2D eigenvalue weighted by Crippen LogP contribution is 2.34. The van der Waals surface area contributed by atoms with Crippen molar-refractivity contribution in [2.75, 3.05) is 13.2 Å². The molecule has 0 aliphatic carbocycles. The second kappa shape index (κ2) is 11.3. The predicted molar refractivity (Wildman–Crippen MR) is 124 cm³/mol. The summed E-state index contributed by atoms with van der Waals surface area (Å²) in [6.07, 6.45) is 7.81. The number of nitro benzene ring substituents is 1. The van der Waals surface area contributed by atoms with Crippen LogP contribution in [0.5, 0.6) is 11.5 Å². The first-order valence-electron chi connectivity index (χ1n) is 10.6. The first kappa shape index (κ1) is 24.2. The van der Waals surface area contributed by atoms with Gasteiger partial charge in [-0.2, -0.15) is 0 Å². The molecule has 0 amide bonds. The van der Waals surface area contributed by atoms with Crippen LogP contribution in [-0.2, 0) is 7.05 Å². The van der Waals surface area contributed by atoms with E-state index in [1.165, 1.54) is 27.8 Å². The zero-order valence-electron chi connectivity index (χ0n) is 19.1. The summed E-state index contributed by atoms with van der Waals surface area (Å²) in [5.41, 5.74) is 2.45. The Morgan fingerprint density at radius 1 is 1.16 bits per heavy atom. The van der Waals surface area contributed by atoms with Crippen LogP contribution in [0.4, 0.5) is 5.69 Å². The summed E-state index contributed by atoms with van der Waals surface area (Å²) in [6.45, 7) is 8.93. The van der Waals surface area contributed by atoms with Crippen LogP contribution in [0.15, 0.2) is 46.3 Å². The van der Waals surface area contributed by atoms with Crippen molar-refractivity contribution in [1.82, 2.24) is 4.57 Å². The standard InChI is InChI=1S/C24H32N2O5/c1-6-7-14-30-22-20-12-11-19(26(28)29)16-21(20)25(5)24(27)23(22)31-15-13-18(4)10-8-9-17(2)3/h9,11-13,16H,6-8,10,14-15H2,1-5H3/b18-13+. The van der Waals surface area contributed by atoms with E-state index >= 15 is 0 Å². The van der Waals surface area contributed by atoms with Crippen LogP contribution < -0.4 is 15.0 Å². The lowest BCUT2D eigenvalue weighted by Gasteiger charge is -2.16. The van der Waals surface area contributed by atoms with E-state index in [9.17, 15) is 14.9 Å². The minimum atomic E-state index is -0.477. The number of hydrogen-bond donors (Lipinski definition) is 0. The van der Waals surface area contributed by atoms with Crippen LogP contribution in [0.3, 0.4) is 0 Å². The maximum Gasteiger partial charge on any atom is 0.297 e. The highest BCUT2D eigenvalue weighted by atomic mass is 16.6. The number of allylic oxidation sites excluding steroid dienone is 3. The smallest absolute Gasteiger partial charge is 0.297 e. The summed E-state index contributed by atoms with van der Waals surface area (Å²) in [6, 6.07) is 4.42. The molecule has 0 atom stereocenters. The number of unbranched alkanes of at least 4 members (excludes halogenated alkanes) is 1. The molecule has 0 fully saturated rings. The van der Waals surface area contributed by atoms with Gasteiger partial charge < -0.3 is 14.0 Å². The third-order valence-corrected chi connectivity index (χ3v) is 5.00. The molecule has 168 valence electrons. The number of fused-ring (bicyclic) bond motifs is 1. The third-order valence-electron chi connectivity index (χ3n) is 5.00. The van der Waals surface area contributed by atoms with Crippen LogP contribution in [0.1, 0.15) is 53.4 Å². The van der Waals surface area contributed by atoms with Gasteiger partial charge >= 0.3 is 0 Å². The van der Waals surface area contributed by atoms with Crippen molar-refractivity contribution in [3.8, 4) is 11.5 Å². The van der Waals surface area contributed by atoms with Crippen LogP contribution in [0.25, 0.3) is 10.9 Å². The number of non-ortho nitro benzene ring substituents is 1. The van der Waals surface area contributed by atoms with Gasteiger partial charge in [-0.3, -0.25) is 14.9 Å². The summed E-state index contributed by atoms with van der Waals surface area (Å²) in [5, 5.41) is 11.8. The number of aromatic nitrogens is 1. The average molecular weight is 429 g/mol. The number of benzene rings is 1. The summed E-state index contributed by atoms with van der Waals surface area (Å²) < 4.78 is 13.2. The van der Waals surface area contributed by atoms with Gasteiger partial charge in [-0.1, -0.05) is 30.6 Å². The molecular weight excluding hydrogens is 396 g/mol. The van der Waals surface area contributed by atoms with Gasteiger partial charge in [0.1, 0.15) is 6.61 Å². The fourth-order valence-corrected chi connectivity index (χ4v) is 3.13. The number of nitrogens with zero attached hydrogens (tertiary/aromatic N) is 2. The second-order valence-corrected chi connectivity index (χ2v) is 7.86. The molecule has 1 heterocycles. The average Bonchev–Trinajstić information content (AvgIpc) is 2.72. The summed E-state index contributed by atoms with van der Waals surface area (Å²) in [5.74, 6) is 0.477. The normalized spacial score (nSPS) is 11.5. The topological polar surface area (TPSA) is 83.6 Å². The molecule has 0 unspecified atom stereocenters. The Labute approximate surface area is 183 Å². The van der Waals surface area contributed by atoms with Crippen molar-refractivity contribution in [3.63, 3.8) is 0 Å². The van der Waals surface area contributed by atoms with Gasteiger partial charge in [-0.05, 0) is 52.2 Å². The largest absolute Gasteiger partial charge is 0.489 e. The lowest BCUT2D eigenvalue weighted by atomic mass is 10.1. The number of hydrogen-bond acceptors (Lipinski definition) is 5. The fraction of sp³-hybridized carbons (Fsp3) is 0.458. The Bertz CT molecular complexity index is 1050.